The van der Waals surface area contributed by atoms with Crippen LogP contribution in [0.4, 0.5) is 5.82 Å². The van der Waals surface area contributed by atoms with Gasteiger partial charge in [-0.1, -0.05) is 13.8 Å². The molecular weight excluding hydrogens is 298 g/mol. The van der Waals surface area contributed by atoms with Crippen LogP contribution in [0.3, 0.4) is 0 Å². The fraction of sp³-hybridized carbons (Fsp3) is 0.467. The third-order valence-electron chi connectivity index (χ3n) is 3.67. The molecule has 7 heteroatoms. The number of rotatable bonds is 5. The van der Waals surface area contributed by atoms with E-state index >= 15 is 0 Å². The van der Waals surface area contributed by atoms with Crippen LogP contribution >= 0.6 is 11.3 Å². The van der Waals surface area contributed by atoms with Crippen LogP contribution in [0.25, 0.3) is 10.2 Å². The Morgan fingerprint density at radius 3 is 2.59 bits per heavy atom. The summed E-state index contributed by atoms with van der Waals surface area (Å²) in [7, 11) is 1.99. The van der Waals surface area contributed by atoms with Gasteiger partial charge in [0, 0.05) is 18.3 Å². The molecule has 0 aromatic carbocycles. The molecule has 0 bridgehead atoms. The molecule has 116 valence electrons. The molecule has 22 heavy (non-hydrogen) atoms. The molecule has 0 amide bonds. The first-order chi connectivity index (χ1) is 10.6. The Bertz CT molecular complexity index is 794. The van der Waals surface area contributed by atoms with Crippen LogP contribution in [0, 0.1) is 6.92 Å². The minimum Gasteiger partial charge on any atom is -0.423 e. The molecule has 6 nitrogen and oxygen atoms in total. The van der Waals surface area contributed by atoms with Gasteiger partial charge in [0.05, 0.1) is 11.9 Å². The second-order valence-corrected chi connectivity index (χ2v) is 6.37. The molecule has 0 fully saturated rings. The van der Waals surface area contributed by atoms with Crippen molar-refractivity contribution in [2.24, 2.45) is 0 Å². The lowest BCUT2D eigenvalue weighted by Crippen LogP contribution is -2.18. The molecule has 0 radical (unpaired) electrons. The van der Waals surface area contributed by atoms with Gasteiger partial charge in [0.2, 0.25) is 11.8 Å². The molecule has 0 atom stereocenters. The van der Waals surface area contributed by atoms with Crippen molar-refractivity contribution in [3.05, 3.63) is 28.5 Å². The predicted octanol–water partition coefficient (Wildman–Crippen LogP) is 3.14. The first kappa shape index (κ1) is 14.9. The van der Waals surface area contributed by atoms with Crippen molar-refractivity contribution in [1.82, 2.24) is 20.2 Å². The summed E-state index contributed by atoms with van der Waals surface area (Å²) in [6.07, 6.45) is 3.34. The molecule has 3 aromatic heterocycles. The van der Waals surface area contributed by atoms with Crippen molar-refractivity contribution in [2.75, 3.05) is 11.9 Å². The van der Waals surface area contributed by atoms with Crippen molar-refractivity contribution in [3.63, 3.8) is 0 Å². The van der Waals surface area contributed by atoms with Gasteiger partial charge in [-0.2, -0.15) is 0 Å². The van der Waals surface area contributed by atoms with Crippen molar-refractivity contribution in [3.8, 4) is 0 Å². The van der Waals surface area contributed by atoms with Gasteiger partial charge in [-0.15, -0.1) is 21.5 Å². The zero-order chi connectivity index (χ0) is 15.7. The van der Waals surface area contributed by atoms with E-state index in [4.69, 9.17) is 4.42 Å². The quantitative estimate of drug-likeness (QED) is 0.720. The molecule has 0 spiro atoms. The van der Waals surface area contributed by atoms with Gasteiger partial charge in [-0.3, -0.25) is 0 Å². The van der Waals surface area contributed by atoms with E-state index in [9.17, 15) is 0 Å². The molecular formula is C15H19N5OS. The lowest BCUT2D eigenvalue weighted by molar-refractivity contribution is 0.452. The van der Waals surface area contributed by atoms with E-state index in [1.807, 2.05) is 18.9 Å². The SMILES string of the molecule is CCc1nnc(CN(C)c2ncnc3sc(C)c(CC)c23)o1. The second kappa shape index (κ2) is 6.00. The minimum absolute atomic E-state index is 0.539. The summed E-state index contributed by atoms with van der Waals surface area (Å²) >= 11 is 1.72. The van der Waals surface area contributed by atoms with E-state index in [2.05, 4.69) is 34.0 Å². The highest BCUT2D eigenvalue weighted by molar-refractivity contribution is 7.18. The van der Waals surface area contributed by atoms with E-state index in [0.29, 0.717) is 18.3 Å². The van der Waals surface area contributed by atoms with Gasteiger partial charge >= 0.3 is 0 Å². The van der Waals surface area contributed by atoms with E-state index in [-0.39, 0.29) is 0 Å². The van der Waals surface area contributed by atoms with Crippen LogP contribution in [0.1, 0.15) is 36.1 Å². The molecule has 0 aliphatic heterocycles. The van der Waals surface area contributed by atoms with E-state index in [0.717, 1.165) is 28.9 Å². The zero-order valence-electron chi connectivity index (χ0n) is 13.3. The highest BCUT2D eigenvalue weighted by atomic mass is 32.1. The number of anilines is 1. The zero-order valence-corrected chi connectivity index (χ0v) is 14.1. The van der Waals surface area contributed by atoms with Gasteiger partial charge < -0.3 is 9.32 Å². The Balaban J connectivity index is 1.98. The van der Waals surface area contributed by atoms with Crippen LogP contribution in [0.2, 0.25) is 0 Å². The lowest BCUT2D eigenvalue weighted by atomic mass is 10.1. The molecule has 0 saturated carbocycles. The maximum absolute atomic E-state index is 5.59. The fourth-order valence-corrected chi connectivity index (χ4v) is 3.65. The Morgan fingerprint density at radius 2 is 1.91 bits per heavy atom. The van der Waals surface area contributed by atoms with Crippen molar-refractivity contribution in [2.45, 2.75) is 40.2 Å². The van der Waals surface area contributed by atoms with Gasteiger partial charge in [-0.25, -0.2) is 9.97 Å². The number of hydrogen-bond acceptors (Lipinski definition) is 7. The van der Waals surface area contributed by atoms with Gasteiger partial charge in [0.25, 0.3) is 0 Å². The summed E-state index contributed by atoms with van der Waals surface area (Å²) in [5.41, 5.74) is 1.32. The van der Waals surface area contributed by atoms with Crippen LogP contribution < -0.4 is 4.90 Å². The molecule has 0 saturated heterocycles. The van der Waals surface area contributed by atoms with E-state index < -0.39 is 0 Å². The molecule has 3 heterocycles. The number of aryl methyl sites for hydroxylation is 3. The molecule has 0 N–H and O–H groups in total. The molecule has 0 unspecified atom stereocenters. The summed E-state index contributed by atoms with van der Waals surface area (Å²) < 4.78 is 5.59. The third-order valence-corrected chi connectivity index (χ3v) is 4.72. The van der Waals surface area contributed by atoms with Gasteiger partial charge in [-0.05, 0) is 18.9 Å². The monoisotopic (exact) mass is 317 g/mol. The summed E-state index contributed by atoms with van der Waals surface area (Å²) in [4.78, 5) is 13.3. The number of nitrogens with zero attached hydrogens (tertiary/aromatic N) is 5. The highest BCUT2D eigenvalue weighted by Gasteiger charge is 2.18. The van der Waals surface area contributed by atoms with Gasteiger partial charge in [0.15, 0.2) is 0 Å². The predicted molar refractivity (Wildman–Crippen MR) is 87.3 cm³/mol. The Kier molecular flexibility index (Phi) is 4.06. The van der Waals surface area contributed by atoms with Crippen molar-refractivity contribution >= 4 is 27.4 Å². The van der Waals surface area contributed by atoms with Crippen LogP contribution in [0.15, 0.2) is 10.7 Å². The maximum atomic E-state index is 5.59. The summed E-state index contributed by atoms with van der Waals surface area (Å²) in [5, 5.41) is 9.23. The fourth-order valence-electron chi connectivity index (χ4n) is 2.57. The average molecular weight is 317 g/mol. The van der Waals surface area contributed by atoms with Crippen LogP contribution in [-0.4, -0.2) is 27.2 Å². The number of hydrogen-bond donors (Lipinski definition) is 0. The Morgan fingerprint density at radius 1 is 1.14 bits per heavy atom. The largest absolute Gasteiger partial charge is 0.423 e. The second-order valence-electron chi connectivity index (χ2n) is 5.17. The third kappa shape index (κ3) is 2.56. The maximum Gasteiger partial charge on any atom is 0.235 e. The first-order valence-electron chi connectivity index (χ1n) is 7.39. The molecule has 3 rings (SSSR count). The van der Waals surface area contributed by atoms with E-state index in [1.165, 1.54) is 10.4 Å². The Labute approximate surface area is 133 Å². The van der Waals surface area contributed by atoms with Gasteiger partial charge in [0.1, 0.15) is 17.0 Å². The topological polar surface area (TPSA) is 67.9 Å². The number of thiophene rings is 1. The van der Waals surface area contributed by atoms with Crippen molar-refractivity contribution < 1.29 is 4.42 Å². The highest BCUT2D eigenvalue weighted by Crippen LogP contribution is 2.35. The lowest BCUT2D eigenvalue weighted by Gasteiger charge is -2.17. The van der Waals surface area contributed by atoms with Crippen LogP contribution in [-0.2, 0) is 19.4 Å². The van der Waals surface area contributed by atoms with Crippen LogP contribution in [0.5, 0.6) is 0 Å². The average Bonchev–Trinajstić information content (AvgIpc) is 3.09. The summed E-state index contributed by atoms with van der Waals surface area (Å²) in [6, 6.07) is 0. The smallest absolute Gasteiger partial charge is 0.235 e. The normalized spacial score (nSPS) is 11.3. The standard InChI is InChI=1S/C15H19N5OS/c1-5-10-9(3)22-15-13(10)14(16-8-17-15)20(4)7-12-19-18-11(6-2)21-12/h8H,5-7H2,1-4H3. The number of fused-ring (bicyclic) bond motifs is 1. The number of aromatic nitrogens is 4. The first-order valence-corrected chi connectivity index (χ1v) is 8.21. The Hall–Kier alpha value is -2.02. The molecule has 0 aliphatic carbocycles. The molecule has 0 aliphatic rings. The summed E-state index contributed by atoms with van der Waals surface area (Å²) in [5.74, 6) is 2.19. The minimum atomic E-state index is 0.539. The van der Waals surface area contributed by atoms with Crippen molar-refractivity contribution in [1.29, 1.82) is 0 Å². The van der Waals surface area contributed by atoms with E-state index in [1.54, 1.807) is 17.7 Å². The summed E-state index contributed by atoms with van der Waals surface area (Å²) in [6.45, 7) is 6.84. The molecule has 3 aromatic rings.